The van der Waals surface area contributed by atoms with Gasteiger partial charge in [-0.05, 0) is 6.42 Å². The van der Waals surface area contributed by atoms with E-state index in [4.69, 9.17) is 92.8 Å². The van der Waals surface area contributed by atoms with Gasteiger partial charge >= 0.3 is 0 Å². The fourth-order valence-electron chi connectivity index (χ4n) is 1.98. The average molecular weight is 473 g/mol. The molecule has 0 bridgehead atoms. The third kappa shape index (κ3) is 5.29. The molecule has 0 radical (unpaired) electrons. The van der Waals surface area contributed by atoms with E-state index in [1.807, 2.05) is 0 Å². The molecular formula is C11H15Cl8N3. The first-order valence-corrected chi connectivity index (χ1v) is 9.55. The molecule has 0 N–H and O–H groups in total. The first-order chi connectivity index (χ1) is 9.93. The van der Waals surface area contributed by atoms with E-state index in [9.17, 15) is 0 Å². The molecule has 1 rings (SSSR count). The van der Waals surface area contributed by atoms with E-state index in [1.165, 1.54) is 11.2 Å². The topological polar surface area (TPSA) is 18.8 Å². The van der Waals surface area contributed by atoms with Crippen LogP contribution in [0.25, 0.3) is 0 Å². The Kier molecular flexibility index (Phi) is 8.17. The van der Waals surface area contributed by atoms with Gasteiger partial charge in [-0.25, -0.2) is 0 Å². The summed E-state index contributed by atoms with van der Waals surface area (Å²) in [6.45, 7) is 2.66. The summed E-state index contributed by atoms with van der Waals surface area (Å²) in [4.78, 5) is 1.24. The molecule has 0 amide bonds. The van der Waals surface area contributed by atoms with Gasteiger partial charge in [0.1, 0.15) is 6.34 Å². The Morgan fingerprint density at radius 3 is 2.00 bits per heavy atom. The van der Waals surface area contributed by atoms with E-state index in [0.29, 0.717) is 6.54 Å². The van der Waals surface area contributed by atoms with E-state index in [-0.39, 0.29) is 0 Å². The van der Waals surface area contributed by atoms with Crippen molar-refractivity contribution >= 4 is 99.1 Å². The summed E-state index contributed by atoms with van der Waals surface area (Å²) in [5.41, 5.74) is 0. The summed E-state index contributed by atoms with van der Waals surface area (Å²) in [7, 11) is 0. The lowest BCUT2D eigenvalue weighted by Crippen LogP contribution is -2.59. The standard InChI is InChI=1S/C11H15Cl8N3/c1-2-3-4-5-6-22-8(9(12,13)10(14,15)16)21(7-20-22)11(17,18)19/h7-8H,2-6H2,1H3. The zero-order valence-electron chi connectivity index (χ0n) is 11.6. The van der Waals surface area contributed by atoms with Gasteiger partial charge in [0.25, 0.3) is 3.92 Å². The van der Waals surface area contributed by atoms with Crippen LogP contribution in [-0.4, -0.2) is 41.0 Å². The van der Waals surface area contributed by atoms with Gasteiger partial charge in [0.15, 0.2) is 6.17 Å². The Bertz CT molecular complexity index is 390. The van der Waals surface area contributed by atoms with Crippen molar-refractivity contribution in [2.24, 2.45) is 5.10 Å². The summed E-state index contributed by atoms with van der Waals surface area (Å²) < 4.78 is -5.72. The number of nitrogens with zero attached hydrogens (tertiary/aromatic N) is 3. The molecule has 0 fully saturated rings. The maximum absolute atomic E-state index is 6.28. The van der Waals surface area contributed by atoms with Crippen LogP contribution in [-0.2, 0) is 0 Å². The number of hydrogen-bond donors (Lipinski definition) is 0. The normalized spacial score (nSPS) is 20.1. The summed E-state index contributed by atoms with van der Waals surface area (Å²) in [5, 5.41) is 5.75. The highest BCUT2D eigenvalue weighted by Gasteiger charge is 2.59. The molecule has 0 saturated carbocycles. The van der Waals surface area contributed by atoms with Gasteiger partial charge in [0.05, 0.1) is 0 Å². The van der Waals surface area contributed by atoms with Crippen LogP contribution in [0.4, 0.5) is 0 Å². The third-order valence-electron chi connectivity index (χ3n) is 3.11. The average Bonchev–Trinajstić information content (AvgIpc) is 2.77. The number of hydrazone groups is 1. The quantitative estimate of drug-likeness (QED) is 0.256. The molecule has 11 heteroatoms. The van der Waals surface area contributed by atoms with Crippen LogP contribution >= 0.6 is 92.8 Å². The Hall–Kier alpha value is 1.59. The number of unbranched alkanes of at least 4 members (excludes halogenated alkanes) is 3. The van der Waals surface area contributed by atoms with Crippen LogP contribution in [0.5, 0.6) is 0 Å². The molecule has 0 saturated heterocycles. The molecule has 0 aromatic heterocycles. The molecule has 1 atom stereocenters. The van der Waals surface area contributed by atoms with Crippen molar-refractivity contribution in [3.05, 3.63) is 0 Å². The van der Waals surface area contributed by atoms with E-state index >= 15 is 0 Å². The maximum Gasteiger partial charge on any atom is 0.270 e. The van der Waals surface area contributed by atoms with Crippen molar-refractivity contribution in [1.29, 1.82) is 0 Å². The van der Waals surface area contributed by atoms with Crippen molar-refractivity contribution in [2.75, 3.05) is 6.54 Å². The van der Waals surface area contributed by atoms with Crippen LogP contribution < -0.4 is 0 Å². The monoisotopic (exact) mass is 469 g/mol. The molecule has 0 aliphatic carbocycles. The molecule has 0 spiro atoms. The van der Waals surface area contributed by atoms with Crippen LogP contribution in [0.1, 0.15) is 32.6 Å². The van der Waals surface area contributed by atoms with Crippen molar-refractivity contribution in [2.45, 2.75) is 50.8 Å². The van der Waals surface area contributed by atoms with Gasteiger partial charge in [-0.2, -0.15) is 5.10 Å². The lowest BCUT2D eigenvalue weighted by atomic mass is 10.2. The first kappa shape index (κ1) is 21.6. The van der Waals surface area contributed by atoms with Gasteiger partial charge in [0, 0.05) is 6.54 Å². The van der Waals surface area contributed by atoms with Crippen LogP contribution in [0.15, 0.2) is 5.10 Å². The zero-order valence-corrected chi connectivity index (χ0v) is 17.6. The second-order valence-electron chi connectivity index (χ2n) is 4.82. The third-order valence-corrected chi connectivity index (χ3v) is 6.12. The van der Waals surface area contributed by atoms with Gasteiger partial charge in [-0.1, -0.05) is 119 Å². The fraction of sp³-hybridized carbons (Fsp3) is 0.909. The first-order valence-electron chi connectivity index (χ1n) is 6.53. The fourth-order valence-corrected chi connectivity index (χ4v) is 3.12. The summed E-state index contributed by atoms with van der Waals surface area (Å²) >= 11 is 48.1. The highest BCUT2D eigenvalue weighted by atomic mass is 35.6. The highest BCUT2D eigenvalue weighted by molar-refractivity contribution is 6.76. The minimum atomic E-state index is -2.01. The molecule has 0 aromatic rings. The molecule has 130 valence electrons. The van der Waals surface area contributed by atoms with Crippen molar-refractivity contribution < 1.29 is 0 Å². The Labute approximate surface area is 170 Å². The predicted molar refractivity (Wildman–Crippen MR) is 100.0 cm³/mol. The summed E-state index contributed by atoms with van der Waals surface area (Å²) in [6, 6.07) is 0. The van der Waals surface area contributed by atoms with E-state index in [1.54, 1.807) is 5.01 Å². The van der Waals surface area contributed by atoms with Crippen LogP contribution in [0.3, 0.4) is 0 Å². The Balaban J connectivity index is 2.95. The summed E-state index contributed by atoms with van der Waals surface area (Å²) in [6.07, 6.45) is 4.49. The molecule has 1 aliphatic rings. The largest absolute Gasteiger partial charge is 0.291 e. The van der Waals surface area contributed by atoms with Crippen molar-refractivity contribution in [1.82, 2.24) is 9.91 Å². The predicted octanol–water partition coefficient (Wildman–Crippen LogP) is 6.33. The second-order valence-corrected chi connectivity index (χ2v) is 10.7. The van der Waals surface area contributed by atoms with Crippen LogP contribution in [0, 0.1) is 0 Å². The number of alkyl halides is 8. The highest BCUT2D eigenvalue weighted by Crippen LogP contribution is 2.52. The lowest BCUT2D eigenvalue weighted by molar-refractivity contribution is 0.112. The summed E-state index contributed by atoms with van der Waals surface area (Å²) in [5.74, 6) is 0. The van der Waals surface area contributed by atoms with Gasteiger partial charge in [0.2, 0.25) is 8.13 Å². The second kappa shape index (κ2) is 8.31. The number of rotatable bonds is 6. The SMILES string of the molecule is CCCCCCN1N=CN(C(Cl)(Cl)Cl)C1C(Cl)(Cl)C(Cl)(Cl)Cl. The maximum atomic E-state index is 6.28. The Morgan fingerprint density at radius 1 is 0.955 bits per heavy atom. The van der Waals surface area contributed by atoms with E-state index in [2.05, 4.69) is 12.0 Å². The van der Waals surface area contributed by atoms with Gasteiger partial charge in [-0.15, -0.1) is 0 Å². The molecule has 1 unspecified atom stereocenters. The molecule has 22 heavy (non-hydrogen) atoms. The van der Waals surface area contributed by atoms with Crippen molar-refractivity contribution in [3.8, 4) is 0 Å². The van der Waals surface area contributed by atoms with Crippen molar-refractivity contribution in [3.63, 3.8) is 0 Å². The minimum Gasteiger partial charge on any atom is -0.291 e. The smallest absolute Gasteiger partial charge is 0.270 e. The van der Waals surface area contributed by atoms with Gasteiger partial charge < -0.3 is 0 Å². The van der Waals surface area contributed by atoms with Gasteiger partial charge in [-0.3, -0.25) is 9.91 Å². The molecule has 0 aromatic carbocycles. The minimum absolute atomic E-state index is 0.542. The zero-order chi connectivity index (χ0) is 17.2. The van der Waals surface area contributed by atoms with E-state index in [0.717, 1.165) is 25.7 Å². The molecular weight excluding hydrogens is 458 g/mol. The molecule has 3 nitrogen and oxygen atoms in total. The molecule has 1 heterocycles. The number of halogens is 8. The molecule has 1 aliphatic heterocycles. The van der Waals surface area contributed by atoms with Crippen LogP contribution in [0.2, 0.25) is 0 Å². The number of hydrogen-bond acceptors (Lipinski definition) is 3. The van der Waals surface area contributed by atoms with E-state index < -0.39 is 18.2 Å². The Morgan fingerprint density at radius 2 is 1.55 bits per heavy atom. The lowest BCUT2D eigenvalue weighted by Gasteiger charge is -2.43.